The first kappa shape index (κ1) is 23.1. The van der Waals surface area contributed by atoms with Crippen molar-refractivity contribution in [1.29, 1.82) is 0 Å². The van der Waals surface area contributed by atoms with Crippen LogP contribution < -0.4 is 5.32 Å². The molecule has 0 spiro atoms. The number of rotatable bonds is 7. The molecule has 0 fully saturated rings. The Morgan fingerprint density at radius 2 is 1.88 bits per heavy atom. The minimum atomic E-state index is -0.668. The molecule has 1 N–H and O–H groups in total. The molecule has 0 aliphatic rings. The number of hydrogen-bond donors (Lipinski definition) is 1. The molecule has 4 rings (SSSR count). The molecule has 9 nitrogen and oxygen atoms in total. The summed E-state index contributed by atoms with van der Waals surface area (Å²) in [6.07, 6.45) is 2.98. The van der Waals surface area contributed by atoms with Gasteiger partial charge < -0.3 is 14.8 Å². The molecular weight excluding hydrogens is 456 g/mol. The molecule has 0 saturated heterocycles. The number of esters is 2. The van der Waals surface area contributed by atoms with Gasteiger partial charge in [0.05, 0.1) is 12.2 Å². The second-order valence-corrected chi connectivity index (χ2v) is 8.41. The number of anilines is 1. The maximum absolute atomic E-state index is 12.8. The largest absolute Gasteiger partial charge is 0.462 e. The van der Waals surface area contributed by atoms with Gasteiger partial charge in [-0.05, 0) is 44.0 Å². The molecule has 0 saturated carbocycles. The molecule has 174 valence electrons. The van der Waals surface area contributed by atoms with Gasteiger partial charge in [-0.3, -0.25) is 9.20 Å². The van der Waals surface area contributed by atoms with Gasteiger partial charge in [0.25, 0.3) is 5.91 Å². The summed E-state index contributed by atoms with van der Waals surface area (Å²) < 4.78 is 12.0. The normalized spacial score (nSPS) is 10.8. The van der Waals surface area contributed by atoms with Crippen LogP contribution in [0.5, 0.6) is 0 Å². The third-order valence-electron chi connectivity index (χ3n) is 5.06. The van der Waals surface area contributed by atoms with Crippen molar-refractivity contribution in [2.24, 2.45) is 0 Å². The van der Waals surface area contributed by atoms with E-state index in [9.17, 15) is 14.4 Å². The van der Waals surface area contributed by atoms with Gasteiger partial charge in [-0.15, -0.1) is 21.5 Å². The van der Waals surface area contributed by atoms with Gasteiger partial charge in [0.2, 0.25) is 0 Å². The van der Waals surface area contributed by atoms with Crippen molar-refractivity contribution in [1.82, 2.24) is 14.6 Å². The molecule has 0 unspecified atom stereocenters. The number of ether oxygens (including phenoxy) is 2. The Morgan fingerprint density at radius 1 is 1.06 bits per heavy atom. The highest BCUT2D eigenvalue weighted by Gasteiger charge is 2.24. The maximum atomic E-state index is 12.8. The molecule has 0 aliphatic carbocycles. The predicted molar refractivity (Wildman–Crippen MR) is 127 cm³/mol. The summed E-state index contributed by atoms with van der Waals surface area (Å²) >= 11 is 1.21. The summed E-state index contributed by atoms with van der Waals surface area (Å²) in [6, 6.07) is 9.09. The second-order valence-electron chi connectivity index (χ2n) is 7.53. The molecule has 0 atom stereocenters. The van der Waals surface area contributed by atoms with Crippen molar-refractivity contribution >= 4 is 39.8 Å². The monoisotopic (exact) mass is 478 g/mol. The van der Waals surface area contributed by atoms with E-state index in [1.807, 2.05) is 32.0 Å². The van der Waals surface area contributed by atoms with Crippen LogP contribution in [0.3, 0.4) is 0 Å². The van der Waals surface area contributed by atoms with Crippen LogP contribution in [-0.2, 0) is 14.3 Å². The van der Waals surface area contributed by atoms with Gasteiger partial charge in [0.1, 0.15) is 16.9 Å². The van der Waals surface area contributed by atoms with E-state index >= 15 is 0 Å². The van der Waals surface area contributed by atoms with Crippen molar-refractivity contribution in [3.05, 3.63) is 70.5 Å². The number of carbonyl (C=O) groups is 3. The third kappa shape index (κ3) is 4.81. The number of carbonyl (C=O) groups excluding carboxylic acids is 3. The fourth-order valence-electron chi connectivity index (χ4n) is 3.50. The topological polar surface area (TPSA) is 112 Å². The number of thiophene rings is 1. The number of pyridine rings is 1. The lowest BCUT2D eigenvalue weighted by atomic mass is 9.97. The Hall–Kier alpha value is -4.05. The Morgan fingerprint density at radius 3 is 2.65 bits per heavy atom. The fraction of sp³-hybridized carbons (Fsp3) is 0.208. The van der Waals surface area contributed by atoms with Crippen molar-refractivity contribution in [3.8, 4) is 11.1 Å². The molecule has 34 heavy (non-hydrogen) atoms. The van der Waals surface area contributed by atoms with E-state index in [4.69, 9.17) is 9.47 Å². The molecule has 4 aromatic rings. The van der Waals surface area contributed by atoms with Crippen LogP contribution in [0, 0.1) is 13.8 Å². The molecule has 0 radical (unpaired) electrons. The molecule has 10 heteroatoms. The van der Waals surface area contributed by atoms with Crippen molar-refractivity contribution < 1.29 is 23.9 Å². The smallest absolute Gasteiger partial charge is 0.341 e. The maximum Gasteiger partial charge on any atom is 0.341 e. The Bertz CT molecular complexity index is 1390. The average Bonchev–Trinajstić information content (AvgIpc) is 3.44. The first-order valence-electron chi connectivity index (χ1n) is 10.5. The van der Waals surface area contributed by atoms with Crippen LogP contribution in [0.25, 0.3) is 16.8 Å². The lowest BCUT2D eigenvalue weighted by Gasteiger charge is -2.11. The number of hydrogen-bond acceptors (Lipinski definition) is 8. The molecule has 3 heterocycles. The average molecular weight is 479 g/mol. The van der Waals surface area contributed by atoms with Crippen LogP contribution in [0.1, 0.15) is 38.8 Å². The molecule has 3 aromatic heterocycles. The molecule has 1 amide bonds. The number of aryl methyl sites for hydroxylation is 2. The SMILES string of the molecule is CCOC(=O)c1c(-c2ccc(C)cc2C)csc1NC(=O)COC(=O)c1ccc2nncn2c1. The molecule has 0 aliphatic heterocycles. The van der Waals surface area contributed by atoms with E-state index in [0.717, 1.165) is 16.7 Å². The zero-order chi connectivity index (χ0) is 24.2. The number of aromatic nitrogens is 3. The zero-order valence-electron chi connectivity index (χ0n) is 18.8. The fourth-order valence-corrected chi connectivity index (χ4v) is 4.46. The van der Waals surface area contributed by atoms with Crippen LogP contribution in [0.4, 0.5) is 5.00 Å². The highest BCUT2D eigenvalue weighted by molar-refractivity contribution is 7.15. The first-order valence-corrected chi connectivity index (χ1v) is 11.4. The van der Waals surface area contributed by atoms with Gasteiger partial charge in [-0.25, -0.2) is 9.59 Å². The quantitative estimate of drug-likeness (QED) is 0.399. The van der Waals surface area contributed by atoms with E-state index < -0.39 is 24.5 Å². The number of nitrogens with zero attached hydrogens (tertiary/aromatic N) is 3. The molecule has 0 bridgehead atoms. The van der Waals surface area contributed by atoms with Gasteiger partial charge in [0.15, 0.2) is 12.3 Å². The standard InChI is InChI=1S/C24H22N4O5S/c1-4-32-24(31)21-18(17-7-5-14(2)9-15(17)3)12-34-22(21)26-20(29)11-33-23(30)16-6-8-19-27-25-13-28(19)10-16/h5-10,12-13H,4,11H2,1-3H3,(H,26,29). The van der Waals surface area contributed by atoms with Crippen LogP contribution >= 0.6 is 11.3 Å². The van der Waals surface area contributed by atoms with Gasteiger partial charge >= 0.3 is 11.9 Å². The number of fused-ring (bicyclic) bond motifs is 1. The van der Waals surface area contributed by atoms with E-state index in [1.165, 1.54) is 23.9 Å². The van der Waals surface area contributed by atoms with Crippen LogP contribution in [0.2, 0.25) is 0 Å². The highest BCUT2D eigenvalue weighted by atomic mass is 32.1. The first-order chi connectivity index (χ1) is 16.4. The van der Waals surface area contributed by atoms with Crippen molar-refractivity contribution in [2.75, 3.05) is 18.5 Å². The lowest BCUT2D eigenvalue weighted by Crippen LogP contribution is -2.22. The minimum Gasteiger partial charge on any atom is -0.462 e. The van der Waals surface area contributed by atoms with E-state index in [-0.39, 0.29) is 17.7 Å². The van der Waals surface area contributed by atoms with Gasteiger partial charge in [-0.1, -0.05) is 23.8 Å². The highest BCUT2D eigenvalue weighted by Crippen LogP contribution is 2.37. The number of amides is 1. The Balaban J connectivity index is 1.50. The Kier molecular flexibility index (Phi) is 6.69. The van der Waals surface area contributed by atoms with E-state index in [0.29, 0.717) is 16.2 Å². The number of benzene rings is 1. The van der Waals surface area contributed by atoms with Crippen molar-refractivity contribution in [2.45, 2.75) is 20.8 Å². The second kappa shape index (κ2) is 9.84. The van der Waals surface area contributed by atoms with Gasteiger partial charge in [0, 0.05) is 17.1 Å². The Labute approximate surface area is 199 Å². The van der Waals surface area contributed by atoms with Crippen LogP contribution in [0.15, 0.2) is 48.2 Å². The minimum absolute atomic E-state index is 0.197. The molecule has 1 aromatic carbocycles. The summed E-state index contributed by atoms with van der Waals surface area (Å²) in [6.45, 7) is 5.36. The summed E-state index contributed by atoms with van der Waals surface area (Å²) in [7, 11) is 0. The summed E-state index contributed by atoms with van der Waals surface area (Å²) in [4.78, 5) is 37.7. The third-order valence-corrected chi connectivity index (χ3v) is 5.95. The van der Waals surface area contributed by atoms with E-state index in [1.54, 1.807) is 28.8 Å². The summed E-state index contributed by atoms with van der Waals surface area (Å²) in [5.74, 6) is -1.77. The molecular formula is C24H22N4O5S. The van der Waals surface area contributed by atoms with Crippen molar-refractivity contribution in [3.63, 3.8) is 0 Å². The lowest BCUT2D eigenvalue weighted by molar-refractivity contribution is -0.119. The zero-order valence-corrected chi connectivity index (χ0v) is 19.6. The van der Waals surface area contributed by atoms with Gasteiger partial charge in [-0.2, -0.15) is 0 Å². The number of nitrogens with one attached hydrogen (secondary N) is 1. The van der Waals surface area contributed by atoms with Crippen LogP contribution in [-0.4, -0.2) is 45.7 Å². The van der Waals surface area contributed by atoms with E-state index in [2.05, 4.69) is 15.5 Å². The summed E-state index contributed by atoms with van der Waals surface area (Å²) in [5.41, 5.74) is 4.76. The summed E-state index contributed by atoms with van der Waals surface area (Å²) in [5, 5.41) is 12.4. The predicted octanol–water partition coefficient (Wildman–Crippen LogP) is 4.05.